The van der Waals surface area contributed by atoms with Gasteiger partial charge in [0.15, 0.2) is 0 Å². The number of fused-ring (bicyclic) bond motifs is 1. The fourth-order valence-electron chi connectivity index (χ4n) is 3.89. The molecule has 1 aromatic heterocycles. The predicted molar refractivity (Wildman–Crippen MR) is 126 cm³/mol. The highest BCUT2D eigenvalue weighted by Gasteiger charge is 2.22. The number of carbonyl (C=O) groups is 1. The van der Waals surface area contributed by atoms with Crippen molar-refractivity contribution >= 4 is 16.9 Å². The molecule has 1 heterocycles. The van der Waals surface area contributed by atoms with E-state index in [0.29, 0.717) is 30.6 Å². The average Bonchev–Trinajstić information content (AvgIpc) is 2.78. The zero-order valence-corrected chi connectivity index (χ0v) is 18.9. The number of hydrogen-bond donors (Lipinski definition) is 1. The summed E-state index contributed by atoms with van der Waals surface area (Å²) in [6.07, 6.45) is 4.33. The lowest BCUT2D eigenvalue weighted by molar-refractivity contribution is -0.148. The third kappa shape index (κ3) is 6.54. The Labute approximate surface area is 189 Å². The fourth-order valence-corrected chi connectivity index (χ4v) is 3.89. The molecule has 5 nitrogen and oxygen atoms in total. The van der Waals surface area contributed by atoms with E-state index in [1.165, 1.54) is 5.56 Å². The molecule has 0 bridgehead atoms. The van der Waals surface area contributed by atoms with E-state index in [1.54, 1.807) is 6.92 Å². The highest BCUT2D eigenvalue weighted by molar-refractivity contribution is 5.78. The summed E-state index contributed by atoms with van der Waals surface area (Å²) < 4.78 is 10.8. The molecule has 0 radical (unpaired) electrons. The Balaban J connectivity index is 1.71. The molecule has 1 unspecified atom stereocenters. The molecule has 1 atom stereocenters. The first-order valence-corrected chi connectivity index (χ1v) is 11.4. The van der Waals surface area contributed by atoms with Crippen LogP contribution in [0, 0.1) is 12.8 Å². The largest absolute Gasteiger partial charge is 0.466 e. The van der Waals surface area contributed by atoms with Gasteiger partial charge in [-0.2, -0.15) is 0 Å². The summed E-state index contributed by atoms with van der Waals surface area (Å²) in [7, 11) is 0. The first kappa shape index (κ1) is 23.7. The van der Waals surface area contributed by atoms with Gasteiger partial charge in [0.2, 0.25) is 0 Å². The van der Waals surface area contributed by atoms with Gasteiger partial charge in [-0.25, -0.2) is 4.79 Å². The van der Waals surface area contributed by atoms with Gasteiger partial charge in [-0.15, -0.1) is 0 Å². The van der Waals surface area contributed by atoms with Crippen molar-refractivity contribution in [1.29, 1.82) is 0 Å². The molecular weight excluding hydrogens is 404 g/mol. The standard InChI is InChI=1S/C27H32O5/c1-3-31-26(29)23(14-12-21-10-8-20(9-11-21)6-4-5-15-28)18-24-17-22-13-7-19(2)16-25(22)32-27(24)30/h7-11,13,16-17,23,28H,3-6,12,14-15,18H2,1-2H3. The van der Waals surface area contributed by atoms with E-state index < -0.39 is 11.5 Å². The van der Waals surface area contributed by atoms with Crippen LogP contribution in [0.5, 0.6) is 0 Å². The minimum Gasteiger partial charge on any atom is -0.466 e. The molecule has 0 fully saturated rings. The zero-order chi connectivity index (χ0) is 22.9. The van der Waals surface area contributed by atoms with Crippen molar-refractivity contribution in [3.8, 4) is 0 Å². The lowest BCUT2D eigenvalue weighted by atomic mass is 9.92. The van der Waals surface area contributed by atoms with Crippen LogP contribution in [-0.2, 0) is 28.8 Å². The summed E-state index contributed by atoms with van der Waals surface area (Å²) >= 11 is 0. The molecule has 170 valence electrons. The monoisotopic (exact) mass is 436 g/mol. The highest BCUT2D eigenvalue weighted by atomic mass is 16.5. The van der Waals surface area contributed by atoms with Gasteiger partial charge in [0.1, 0.15) is 5.58 Å². The molecule has 0 amide bonds. The van der Waals surface area contributed by atoms with Gasteiger partial charge in [-0.3, -0.25) is 4.79 Å². The number of benzene rings is 2. The Morgan fingerprint density at radius 2 is 1.75 bits per heavy atom. The fraction of sp³-hybridized carbons (Fsp3) is 0.407. The zero-order valence-electron chi connectivity index (χ0n) is 18.9. The molecule has 5 heteroatoms. The molecule has 0 spiro atoms. The second-order valence-corrected chi connectivity index (χ2v) is 8.29. The SMILES string of the molecule is CCOC(=O)C(CCc1ccc(CCCCO)cc1)Cc1cc2ccc(C)cc2oc1=O. The summed E-state index contributed by atoms with van der Waals surface area (Å²) in [4.78, 5) is 25.2. The number of esters is 1. The van der Waals surface area contributed by atoms with E-state index in [1.807, 2.05) is 31.2 Å². The van der Waals surface area contributed by atoms with Gasteiger partial charge < -0.3 is 14.3 Å². The van der Waals surface area contributed by atoms with Gasteiger partial charge in [0.25, 0.3) is 0 Å². The summed E-state index contributed by atoms with van der Waals surface area (Å²) in [5, 5.41) is 9.77. The minimum atomic E-state index is -0.412. The van der Waals surface area contributed by atoms with E-state index in [-0.39, 0.29) is 12.6 Å². The second-order valence-electron chi connectivity index (χ2n) is 8.29. The molecule has 0 aliphatic heterocycles. The van der Waals surface area contributed by atoms with Crippen LogP contribution in [0.1, 0.15) is 48.4 Å². The lowest BCUT2D eigenvalue weighted by Gasteiger charge is -2.15. The topological polar surface area (TPSA) is 76.7 Å². The molecule has 0 saturated heterocycles. The van der Waals surface area contributed by atoms with Crippen molar-refractivity contribution in [2.45, 2.75) is 52.4 Å². The van der Waals surface area contributed by atoms with Gasteiger partial charge in [-0.1, -0.05) is 36.4 Å². The van der Waals surface area contributed by atoms with Crippen LogP contribution in [0.3, 0.4) is 0 Å². The van der Waals surface area contributed by atoms with Gasteiger partial charge in [0.05, 0.1) is 12.5 Å². The molecule has 0 aliphatic rings. The quantitative estimate of drug-likeness (QED) is 0.266. The van der Waals surface area contributed by atoms with E-state index in [2.05, 4.69) is 24.3 Å². The molecule has 3 aromatic rings. The lowest BCUT2D eigenvalue weighted by Crippen LogP contribution is -2.23. The van der Waals surface area contributed by atoms with Crippen LogP contribution in [0.4, 0.5) is 0 Å². The summed E-state index contributed by atoms with van der Waals surface area (Å²) in [5.74, 6) is -0.693. The van der Waals surface area contributed by atoms with E-state index in [4.69, 9.17) is 14.3 Å². The van der Waals surface area contributed by atoms with E-state index in [9.17, 15) is 9.59 Å². The Hall–Kier alpha value is -2.92. The number of aryl methyl sites for hydroxylation is 3. The Bertz CT molecular complexity index is 1080. The molecule has 0 saturated carbocycles. The van der Waals surface area contributed by atoms with Crippen LogP contribution >= 0.6 is 0 Å². The van der Waals surface area contributed by atoms with Crippen molar-refractivity contribution in [2.75, 3.05) is 13.2 Å². The third-order valence-corrected chi connectivity index (χ3v) is 5.73. The number of rotatable bonds is 11. The number of aliphatic hydroxyl groups excluding tert-OH is 1. The van der Waals surface area contributed by atoms with E-state index >= 15 is 0 Å². The summed E-state index contributed by atoms with van der Waals surface area (Å²) in [6, 6.07) is 16.0. The van der Waals surface area contributed by atoms with Gasteiger partial charge in [-0.05, 0) is 81.2 Å². The maximum Gasteiger partial charge on any atom is 0.339 e. The van der Waals surface area contributed by atoms with Crippen LogP contribution < -0.4 is 5.63 Å². The molecule has 3 rings (SSSR count). The smallest absolute Gasteiger partial charge is 0.339 e. The molecular formula is C27H32O5. The summed E-state index contributed by atoms with van der Waals surface area (Å²) in [6.45, 7) is 4.27. The number of aliphatic hydroxyl groups is 1. The normalized spacial score (nSPS) is 12.1. The van der Waals surface area contributed by atoms with Crippen LogP contribution in [-0.4, -0.2) is 24.3 Å². The molecule has 0 aliphatic carbocycles. The first-order chi connectivity index (χ1) is 15.5. The molecule has 1 N–H and O–H groups in total. The van der Waals surface area contributed by atoms with Crippen LogP contribution in [0.25, 0.3) is 11.0 Å². The number of ether oxygens (including phenoxy) is 1. The second kappa shape index (κ2) is 11.6. The Morgan fingerprint density at radius 3 is 2.44 bits per heavy atom. The Kier molecular flexibility index (Phi) is 8.63. The number of unbranched alkanes of at least 4 members (excludes halogenated alkanes) is 1. The molecule has 2 aromatic carbocycles. The number of carbonyl (C=O) groups excluding carboxylic acids is 1. The summed E-state index contributed by atoms with van der Waals surface area (Å²) in [5.41, 5.74) is 4.07. The van der Waals surface area contributed by atoms with Crippen molar-refractivity contribution < 1.29 is 19.1 Å². The van der Waals surface area contributed by atoms with Gasteiger partial charge >= 0.3 is 11.6 Å². The van der Waals surface area contributed by atoms with Crippen molar-refractivity contribution in [1.82, 2.24) is 0 Å². The minimum absolute atomic E-state index is 0.225. The number of hydrogen-bond acceptors (Lipinski definition) is 5. The van der Waals surface area contributed by atoms with Crippen molar-refractivity contribution in [3.63, 3.8) is 0 Å². The average molecular weight is 437 g/mol. The van der Waals surface area contributed by atoms with Crippen LogP contribution in [0.15, 0.2) is 57.7 Å². The van der Waals surface area contributed by atoms with Crippen LogP contribution in [0.2, 0.25) is 0 Å². The van der Waals surface area contributed by atoms with E-state index in [0.717, 1.165) is 42.2 Å². The molecule has 32 heavy (non-hydrogen) atoms. The maximum absolute atomic E-state index is 12.6. The highest BCUT2D eigenvalue weighted by Crippen LogP contribution is 2.20. The van der Waals surface area contributed by atoms with Crippen molar-refractivity contribution in [3.05, 3.63) is 81.2 Å². The van der Waals surface area contributed by atoms with Crippen molar-refractivity contribution in [2.24, 2.45) is 5.92 Å². The first-order valence-electron chi connectivity index (χ1n) is 11.4. The third-order valence-electron chi connectivity index (χ3n) is 5.73. The van der Waals surface area contributed by atoms with Gasteiger partial charge in [0, 0.05) is 17.6 Å². The Morgan fingerprint density at radius 1 is 1.03 bits per heavy atom. The predicted octanol–water partition coefficient (Wildman–Crippen LogP) is 4.77. The maximum atomic E-state index is 12.6.